The van der Waals surface area contributed by atoms with E-state index in [9.17, 15) is 34.5 Å². The molecule has 0 aliphatic carbocycles. The molecule has 1 amide bonds. The van der Waals surface area contributed by atoms with E-state index in [-0.39, 0.29) is 98.7 Å². The summed E-state index contributed by atoms with van der Waals surface area (Å²) >= 11 is 0. The minimum absolute atomic E-state index is 0. The molecule has 14 rings (SSSR count). The van der Waals surface area contributed by atoms with Gasteiger partial charge in [-0.05, 0) is 145 Å². The van der Waals surface area contributed by atoms with Crippen LogP contribution in [-0.4, -0.2) is 145 Å². The van der Waals surface area contributed by atoms with E-state index in [0.717, 1.165) is 68.3 Å². The Morgan fingerprint density at radius 1 is 0.426 bits per heavy atom. The number of benzene rings is 10. The average molecular weight is 1640 g/mol. The molecule has 10 aromatic rings. The molecule has 4 saturated heterocycles. The molecular formula is C98H123BrMgN4O11. The zero-order valence-corrected chi connectivity index (χ0v) is 69.4. The van der Waals surface area contributed by atoms with Crippen molar-refractivity contribution < 1.29 is 71.8 Å². The Labute approximate surface area is 714 Å². The Bertz CT molecular complexity index is 4060. The molecule has 4 heterocycles. The maximum atomic E-state index is 12.0. The minimum Gasteiger partial charge on any atom is -1.00 e. The van der Waals surface area contributed by atoms with Crippen LogP contribution >= 0.6 is 0 Å². The fourth-order valence-corrected chi connectivity index (χ4v) is 13.6. The Morgan fingerprint density at radius 3 is 0.930 bits per heavy atom. The number of ether oxygens (including phenoxy) is 4. The van der Waals surface area contributed by atoms with Gasteiger partial charge in [-0.1, -0.05) is 309 Å². The summed E-state index contributed by atoms with van der Waals surface area (Å²) in [4.78, 5) is 52.1. The van der Waals surface area contributed by atoms with Gasteiger partial charge in [0.25, 0.3) is 0 Å². The van der Waals surface area contributed by atoms with Gasteiger partial charge >= 0.3 is 41.5 Å². The molecule has 115 heavy (non-hydrogen) atoms. The summed E-state index contributed by atoms with van der Waals surface area (Å²) in [7, 11) is 0. The van der Waals surface area contributed by atoms with E-state index in [4.69, 9.17) is 15.6 Å². The molecule has 4 aliphatic rings. The molecule has 4 aliphatic heterocycles. The van der Waals surface area contributed by atoms with Crippen molar-refractivity contribution in [3.05, 3.63) is 359 Å². The van der Waals surface area contributed by atoms with Crippen LogP contribution in [-0.2, 0) is 34.8 Å². The van der Waals surface area contributed by atoms with Gasteiger partial charge in [0, 0.05) is 33.1 Å². The normalized spacial score (nSPS) is 16.7. The molecule has 0 bridgehead atoms. The molecule has 10 aromatic carbocycles. The largest absolute Gasteiger partial charge is 2.00 e. The average Bonchev–Trinajstić information content (AvgIpc) is 0.720. The third-order valence-electron chi connectivity index (χ3n) is 18.9. The molecule has 0 aromatic heterocycles. The van der Waals surface area contributed by atoms with Crippen molar-refractivity contribution in [2.24, 2.45) is 0 Å². The standard InChI is InChI=1S/C29H27NO.C23H21NO.C15H21NO3.C10H13NO.C10H18O5.C6H5.C2H6.3CH4.BrH.Mg/c31-28(23-13-5-1-6-14-23)27-21-22-30(27)29(24-15-7-2-8-16-24,25-17-9-3-10-18-25)26-19-11-4-12-20-26;25-18-22-16-17-24(22)23(19-10-4-1-5-11-19,20-12-6-2-7-13-20)21-14-8-3-9-15-21;1-15(2,3)19-14(18)16-10-9-12(16)13(17)11-7-5-4-6-8-11;12-10(9-6-7-11-9)8-4-2-1-3-5-8;1-9(2,3)14-7(11)13-8(12)15-10(4,5)6;1-2-4-6-5-3-1;1-2;;;;;/h1-20,27-28,31H,21-22H2;1-15,18,22H,16-17H2;4-8,12-13,17H,9-10H2,1-3H3;1-5,9-12H,6-7H2;1-6H3;1-5H;1-2H3;3*1H4;1H;/q;;;;;-1;;;;;;+2/p-1/t27-,28?;22-;12-,13?;9-,10?;;;;;;;;/m0000......../s1/i;;;;;;1D;;;;;. The first-order chi connectivity index (χ1) is 53.4. The Hall–Kier alpha value is -9.11. The third-order valence-corrected chi connectivity index (χ3v) is 18.9. The summed E-state index contributed by atoms with van der Waals surface area (Å²) in [5.41, 5.74) is 7.24. The van der Waals surface area contributed by atoms with Crippen molar-refractivity contribution in [3.8, 4) is 0 Å². The van der Waals surface area contributed by atoms with E-state index in [1.165, 1.54) is 33.4 Å². The molecule has 7 atom stereocenters. The van der Waals surface area contributed by atoms with Gasteiger partial charge < -0.3 is 66.3 Å². The summed E-state index contributed by atoms with van der Waals surface area (Å²) in [6.45, 7) is 21.3. The summed E-state index contributed by atoms with van der Waals surface area (Å²) < 4.78 is 25.3. The first-order valence-corrected chi connectivity index (χ1v) is 37.9. The number of amides is 1. The molecule has 0 saturated carbocycles. The van der Waals surface area contributed by atoms with Crippen LogP contribution in [0.5, 0.6) is 0 Å². The van der Waals surface area contributed by atoms with Crippen molar-refractivity contribution in [2.45, 2.75) is 194 Å². The van der Waals surface area contributed by atoms with Crippen LogP contribution in [0.3, 0.4) is 0 Å². The van der Waals surface area contributed by atoms with Gasteiger partial charge in [0.2, 0.25) is 0 Å². The second-order valence-corrected chi connectivity index (χ2v) is 29.9. The van der Waals surface area contributed by atoms with E-state index in [1.54, 1.807) is 53.4 Å². The number of likely N-dealkylation sites (tertiary alicyclic amines) is 3. The SMILES string of the molecule is C.C.C.CC(C)(C)OC(=O)N1CC[C@H]1C(O)c1ccccc1.CC(C)(C)OC(=O)OC(=O)OC(C)(C)C.O=C[C@@H]1CCN1C(c1ccccc1)(c1ccccc1)c1ccccc1.OC(c1ccccc1)[C@@H]1CCN1.OC(c1ccccc1)[C@@H]1CCN1C(c1ccccc1)(c1ccccc1)c1ccccc1.[2H]CC.[Br-].[Mg+2].[c-]1ccccc1. The number of halogens is 1. The van der Waals surface area contributed by atoms with E-state index in [1.807, 2.05) is 160 Å². The van der Waals surface area contributed by atoms with Crippen molar-refractivity contribution in [1.29, 1.82) is 0 Å². The van der Waals surface area contributed by atoms with Crippen LogP contribution < -0.4 is 22.3 Å². The Kier molecular flexibility index (Phi) is 41.9. The predicted octanol–water partition coefficient (Wildman–Crippen LogP) is 17.8. The fourth-order valence-electron chi connectivity index (χ4n) is 13.6. The van der Waals surface area contributed by atoms with E-state index in [2.05, 4.69) is 190 Å². The van der Waals surface area contributed by atoms with E-state index in [0.29, 0.717) is 13.4 Å². The summed E-state index contributed by atoms with van der Waals surface area (Å²) in [5.74, 6) is 0. The number of rotatable bonds is 15. The van der Waals surface area contributed by atoms with Crippen LogP contribution in [0.1, 0.15) is 194 Å². The molecule has 0 spiro atoms. The second-order valence-electron chi connectivity index (χ2n) is 29.9. The summed E-state index contributed by atoms with van der Waals surface area (Å²) in [6.07, 6.45) is 0.862. The first-order valence-electron chi connectivity index (χ1n) is 38.6. The summed E-state index contributed by atoms with van der Waals surface area (Å²) in [5, 5.41) is 34.7. The molecule has 4 fully saturated rings. The number of hydrogen-bond acceptors (Lipinski definition) is 14. The molecule has 610 valence electrons. The van der Waals surface area contributed by atoms with Crippen molar-refractivity contribution >= 4 is 47.7 Å². The number of nitrogens with zero attached hydrogens (tertiary/aromatic N) is 3. The Balaban J connectivity index is 0.000000372. The fraction of sp³-hybridized carbons (Fsp3) is 0.347. The van der Waals surface area contributed by atoms with E-state index >= 15 is 0 Å². The maximum Gasteiger partial charge on any atom is 2.00 e. The zero-order chi connectivity index (χ0) is 79.9. The molecule has 4 N–H and O–H groups in total. The van der Waals surface area contributed by atoms with Crippen LogP contribution in [0, 0.1) is 6.07 Å². The quantitative estimate of drug-likeness (QED) is 0.0144. The van der Waals surface area contributed by atoms with Gasteiger partial charge in [0.15, 0.2) is 0 Å². The summed E-state index contributed by atoms with van der Waals surface area (Å²) in [6, 6.07) is 106. The van der Waals surface area contributed by atoms with E-state index < -0.39 is 52.4 Å². The van der Waals surface area contributed by atoms with Gasteiger partial charge in [-0.15, -0.1) is 0 Å². The smallest absolute Gasteiger partial charge is 1.00 e. The third kappa shape index (κ3) is 28.1. The number of aliphatic hydroxyl groups excluding tert-OH is 3. The van der Waals surface area contributed by atoms with Crippen LogP contribution in [0.15, 0.2) is 303 Å². The molecule has 0 radical (unpaired) electrons. The van der Waals surface area contributed by atoms with Crippen molar-refractivity contribution in [3.63, 3.8) is 0 Å². The first kappa shape index (κ1) is 98.2. The number of aliphatic hydroxyl groups is 3. The zero-order valence-electron chi connectivity index (χ0n) is 67.4. The second kappa shape index (κ2) is 49.1. The number of nitrogens with one attached hydrogen (secondary N) is 1. The number of carbonyl (C=O) groups excluding carboxylic acids is 4. The molecular weight excluding hydrogens is 1510 g/mol. The van der Waals surface area contributed by atoms with Gasteiger partial charge in [-0.3, -0.25) is 9.80 Å². The van der Waals surface area contributed by atoms with Crippen molar-refractivity contribution in [1.82, 2.24) is 20.0 Å². The topological polar surface area (TPSA) is 188 Å². The predicted molar refractivity (Wildman–Crippen MR) is 463 cm³/mol. The van der Waals surface area contributed by atoms with Gasteiger partial charge in [-0.25, -0.2) is 14.4 Å². The van der Waals surface area contributed by atoms with Crippen LogP contribution in [0.2, 0.25) is 0 Å². The molecule has 3 unspecified atom stereocenters. The Morgan fingerprint density at radius 2 is 0.704 bits per heavy atom. The van der Waals surface area contributed by atoms with Gasteiger partial charge in [0.1, 0.15) is 23.1 Å². The molecule has 15 nitrogen and oxygen atoms in total. The monoisotopic (exact) mass is 1640 g/mol. The minimum atomic E-state index is -1.06. The number of aldehydes is 1. The van der Waals surface area contributed by atoms with Crippen LogP contribution in [0.25, 0.3) is 0 Å². The van der Waals surface area contributed by atoms with Crippen molar-refractivity contribution in [2.75, 3.05) is 26.2 Å². The number of carbonyl (C=O) groups is 4. The van der Waals surface area contributed by atoms with Gasteiger partial charge in [-0.2, -0.15) is 36.4 Å². The maximum absolute atomic E-state index is 12.0. The number of hydrogen-bond donors (Lipinski definition) is 4. The molecule has 17 heteroatoms. The van der Waals surface area contributed by atoms with Crippen LogP contribution in [0.4, 0.5) is 14.4 Å². The van der Waals surface area contributed by atoms with Gasteiger partial charge in [0.05, 0.1) is 41.5 Å².